The summed E-state index contributed by atoms with van der Waals surface area (Å²) in [6, 6.07) is 26.1. The molecule has 0 aromatic heterocycles. The number of hydrogen-bond donors (Lipinski definition) is 1. The third-order valence-electron chi connectivity index (χ3n) is 8.73. The number of benzene rings is 3. The molecule has 1 heterocycles. The number of anilines is 1. The van der Waals surface area contributed by atoms with Crippen LogP contribution in [-0.4, -0.2) is 38.7 Å². The molecule has 1 aliphatic heterocycles. The van der Waals surface area contributed by atoms with Gasteiger partial charge in [0.2, 0.25) is 0 Å². The van der Waals surface area contributed by atoms with Crippen molar-refractivity contribution in [3.05, 3.63) is 95.1 Å². The first-order chi connectivity index (χ1) is 17.1. The molecule has 2 atom stereocenters. The van der Waals surface area contributed by atoms with Crippen LogP contribution in [0.4, 0.5) is 5.69 Å². The van der Waals surface area contributed by atoms with E-state index in [2.05, 4.69) is 65.6 Å². The van der Waals surface area contributed by atoms with E-state index in [9.17, 15) is 5.11 Å². The number of hydrogen-bond acceptors (Lipinski definition) is 4. The summed E-state index contributed by atoms with van der Waals surface area (Å²) < 4.78 is 10.9. The van der Waals surface area contributed by atoms with E-state index in [4.69, 9.17) is 9.47 Å². The monoisotopic (exact) mass is 469 g/mol. The fourth-order valence-electron chi connectivity index (χ4n) is 7.10. The van der Waals surface area contributed by atoms with Gasteiger partial charge in [-0.15, -0.1) is 0 Å². The number of rotatable bonds is 6. The SMILES string of the molecule is COC(OC)C1CC2(C1)CN(c1ccc(C3c4ccc(O)cc4CCC3c3ccccc3)cc1)C2. The van der Waals surface area contributed by atoms with Gasteiger partial charge in [0.25, 0.3) is 0 Å². The smallest absolute Gasteiger partial charge is 0.159 e. The van der Waals surface area contributed by atoms with Crippen molar-refractivity contribution in [1.29, 1.82) is 0 Å². The molecule has 1 saturated heterocycles. The molecule has 2 unspecified atom stereocenters. The number of methoxy groups -OCH3 is 2. The van der Waals surface area contributed by atoms with Gasteiger partial charge in [-0.25, -0.2) is 0 Å². The Morgan fingerprint density at radius 3 is 2.29 bits per heavy atom. The van der Waals surface area contributed by atoms with Gasteiger partial charge in [0.05, 0.1) is 0 Å². The van der Waals surface area contributed by atoms with Gasteiger partial charge >= 0.3 is 0 Å². The van der Waals surface area contributed by atoms with Crippen LogP contribution >= 0.6 is 0 Å². The highest BCUT2D eigenvalue weighted by Gasteiger charge is 2.54. The van der Waals surface area contributed by atoms with Gasteiger partial charge in [0.1, 0.15) is 5.75 Å². The summed E-state index contributed by atoms with van der Waals surface area (Å²) in [5.41, 5.74) is 7.15. The van der Waals surface area contributed by atoms with Crippen LogP contribution in [0.5, 0.6) is 5.75 Å². The summed E-state index contributed by atoms with van der Waals surface area (Å²) >= 11 is 0. The first kappa shape index (κ1) is 22.6. The van der Waals surface area contributed by atoms with Crippen molar-refractivity contribution in [2.24, 2.45) is 11.3 Å². The summed E-state index contributed by atoms with van der Waals surface area (Å²) in [5.74, 6) is 1.62. The van der Waals surface area contributed by atoms with Crippen LogP contribution in [0.2, 0.25) is 0 Å². The van der Waals surface area contributed by atoms with Crippen LogP contribution in [0.15, 0.2) is 72.8 Å². The molecule has 6 rings (SSSR count). The van der Waals surface area contributed by atoms with E-state index in [0.29, 0.717) is 28.9 Å². The maximum Gasteiger partial charge on any atom is 0.159 e. The Labute approximate surface area is 208 Å². The molecule has 1 N–H and O–H groups in total. The van der Waals surface area contributed by atoms with Gasteiger partial charge in [-0.05, 0) is 78.1 Å². The van der Waals surface area contributed by atoms with Crippen LogP contribution in [0.1, 0.15) is 53.4 Å². The normalized spacial score (nSPS) is 23.1. The van der Waals surface area contributed by atoms with Crippen molar-refractivity contribution in [3.63, 3.8) is 0 Å². The summed E-state index contributed by atoms with van der Waals surface area (Å²) in [7, 11) is 3.48. The molecule has 0 amide bonds. The number of phenols is 1. The maximum atomic E-state index is 10.1. The topological polar surface area (TPSA) is 41.9 Å². The molecule has 3 aromatic rings. The molecular weight excluding hydrogens is 434 g/mol. The standard InChI is InChI=1S/C31H35NO3/c1-34-30(35-2)24-17-31(18-24)19-32(20-31)25-11-8-22(9-12-25)29-27(21-6-4-3-5-7-21)14-10-23-16-26(33)13-15-28(23)29/h3-9,11-13,15-16,24,27,29-30,33H,10,14,17-20H2,1-2H3. The van der Waals surface area contributed by atoms with E-state index in [-0.39, 0.29) is 6.29 Å². The Morgan fingerprint density at radius 1 is 0.886 bits per heavy atom. The van der Waals surface area contributed by atoms with Gasteiger partial charge in [0.15, 0.2) is 6.29 Å². The second kappa shape index (κ2) is 9.00. The lowest BCUT2D eigenvalue weighted by molar-refractivity contribution is -0.184. The number of aromatic hydroxyl groups is 1. The Morgan fingerprint density at radius 2 is 1.60 bits per heavy atom. The van der Waals surface area contributed by atoms with E-state index in [1.165, 1.54) is 40.8 Å². The molecule has 0 radical (unpaired) electrons. The van der Waals surface area contributed by atoms with E-state index >= 15 is 0 Å². The van der Waals surface area contributed by atoms with Gasteiger partial charge < -0.3 is 19.5 Å². The second-order valence-corrected chi connectivity index (χ2v) is 10.9. The van der Waals surface area contributed by atoms with Crippen LogP contribution in [0, 0.1) is 11.3 Å². The van der Waals surface area contributed by atoms with Crippen molar-refractivity contribution in [2.45, 2.75) is 43.8 Å². The first-order valence-electron chi connectivity index (χ1n) is 12.9. The van der Waals surface area contributed by atoms with Gasteiger partial charge in [-0.3, -0.25) is 0 Å². The maximum absolute atomic E-state index is 10.1. The number of nitrogens with zero attached hydrogens (tertiary/aromatic N) is 1. The van der Waals surface area contributed by atoms with Crippen LogP contribution in [-0.2, 0) is 15.9 Å². The summed E-state index contributed by atoms with van der Waals surface area (Å²) in [6.45, 7) is 2.25. The van der Waals surface area contributed by atoms with E-state index < -0.39 is 0 Å². The molecule has 3 aliphatic rings. The molecule has 4 nitrogen and oxygen atoms in total. The highest BCUT2D eigenvalue weighted by Crippen LogP contribution is 2.54. The molecular formula is C31H35NO3. The van der Waals surface area contributed by atoms with Gasteiger partial charge in [-0.2, -0.15) is 0 Å². The molecule has 182 valence electrons. The molecule has 3 aromatic carbocycles. The van der Waals surface area contributed by atoms with Crippen molar-refractivity contribution in [2.75, 3.05) is 32.2 Å². The lowest BCUT2D eigenvalue weighted by Gasteiger charge is -2.60. The third kappa shape index (κ3) is 4.03. The molecule has 1 saturated carbocycles. The number of fused-ring (bicyclic) bond motifs is 1. The van der Waals surface area contributed by atoms with Crippen LogP contribution in [0.3, 0.4) is 0 Å². The first-order valence-corrected chi connectivity index (χ1v) is 12.9. The number of aryl methyl sites for hydroxylation is 1. The Bertz CT molecular complexity index is 1160. The summed E-state index contributed by atoms with van der Waals surface area (Å²) in [6.07, 6.45) is 4.41. The van der Waals surface area contributed by atoms with E-state index in [0.717, 1.165) is 25.9 Å². The van der Waals surface area contributed by atoms with E-state index in [1.54, 1.807) is 14.2 Å². The molecule has 2 aliphatic carbocycles. The quantitative estimate of drug-likeness (QED) is 0.444. The lowest BCUT2D eigenvalue weighted by Crippen LogP contribution is -2.64. The Hall–Kier alpha value is -2.82. The molecule has 1 spiro atoms. The van der Waals surface area contributed by atoms with Gasteiger partial charge in [0, 0.05) is 50.2 Å². The largest absolute Gasteiger partial charge is 0.508 e. The predicted molar refractivity (Wildman–Crippen MR) is 139 cm³/mol. The minimum absolute atomic E-state index is 0.0631. The zero-order valence-corrected chi connectivity index (χ0v) is 20.7. The van der Waals surface area contributed by atoms with Crippen molar-refractivity contribution in [3.8, 4) is 5.75 Å². The van der Waals surface area contributed by atoms with Gasteiger partial charge in [-0.1, -0.05) is 48.5 Å². The second-order valence-electron chi connectivity index (χ2n) is 10.9. The zero-order chi connectivity index (χ0) is 24.0. The van der Waals surface area contributed by atoms with Crippen LogP contribution < -0.4 is 4.90 Å². The molecule has 0 bridgehead atoms. The van der Waals surface area contributed by atoms with E-state index in [1.807, 2.05) is 12.1 Å². The van der Waals surface area contributed by atoms with Crippen molar-refractivity contribution in [1.82, 2.24) is 0 Å². The lowest BCUT2D eigenvalue weighted by atomic mass is 9.57. The van der Waals surface area contributed by atoms with Crippen molar-refractivity contribution < 1.29 is 14.6 Å². The fourth-order valence-corrected chi connectivity index (χ4v) is 7.10. The van der Waals surface area contributed by atoms with Crippen LogP contribution in [0.25, 0.3) is 0 Å². The molecule has 4 heteroatoms. The minimum Gasteiger partial charge on any atom is -0.508 e. The molecule has 2 fully saturated rings. The third-order valence-corrected chi connectivity index (χ3v) is 8.73. The summed E-state index contributed by atoms with van der Waals surface area (Å²) in [4.78, 5) is 2.51. The number of phenolic OH excluding ortho intramolecular Hbond substituents is 1. The Kier molecular flexibility index (Phi) is 5.82. The molecule has 35 heavy (non-hydrogen) atoms. The number of ether oxygens (including phenoxy) is 2. The summed E-state index contributed by atoms with van der Waals surface area (Å²) in [5, 5.41) is 10.1. The highest BCUT2D eigenvalue weighted by molar-refractivity contribution is 5.54. The average molecular weight is 470 g/mol. The Balaban J connectivity index is 1.21. The zero-order valence-electron chi connectivity index (χ0n) is 20.7. The highest BCUT2D eigenvalue weighted by atomic mass is 16.7. The predicted octanol–water partition coefficient (Wildman–Crippen LogP) is 6.09. The average Bonchev–Trinajstić information content (AvgIpc) is 2.84. The van der Waals surface area contributed by atoms with Crippen molar-refractivity contribution >= 4 is 5.69 Å². The fraction of sp³-hybridized carbons (Fsp3) is 0.419. The minimum atomic E-state index is -0.0631.